The molecule has 0 fully saturated rings. The molecule has 0 saturated carbocycles. The van der Waals surface area contributed by atoms with Crippen LogP contribution in [0.1, 0.15) is 13.8 Å². The molecule has 8 heteroatoms. The number of aliphatic carboxylic acids is 1. The quantitative estimate of drug-likeness (QED) is 0.891. The van der Waals surface area contributed by atoms with E-state index in [0.717, 1.165) is 12.1 Å². The number of carboxylic acids is 1. The van der Waals surface area contributed by atoms with Crippen LogP contribution in [0.5, 0.6) is 0 Å². The molecule has 0 bridgehead atoms. The molecule has 0 amide bonds. The van der Waals surface area contributed by atoms with Crippen LogP contribution in [0, 0.1) is 11.6 Å². The van der Waals surface area contributed by atoms with E-state index in [1.807, 2.05) is 0 Å². The molecule has 1 N–H and O–H groups in total. The predicted octanol–water partition coefficient (Wildman–Crippen LogP) is 1.45. The van der Waals surface area contributed by atoms with E-state index in [-0.39, 0.29) is 0 Å². The van der Waals surface area contributed by atoms with Crippen LogP contribution in [0.2, 0.25) is 0 Å². The Morgan fingerprint density at radius 3 is 2.37 bits per heavy atom. The predicted molar refractivity (Wildman–Crippen MR) is 63.0 cm³/mol. The number of carbonyl (C=O) groups is 1. The second-order valence-electron chi connectivity index (χ2n) is 4.11. The van der Waals surface area contributed by atoms with Gasteiger partial charge in [0.1, 0.15) is 23.1 Å². The summed E-state index contributed by atoms with van der Waals surface area (Å²) in [4.78, 5) is 9.92. The number of rotatable bonds is 5. The third kappa shape index (κ3) is 3.48. The topological polar surface area (TPSA) is 74.7 Å². The molecule has 0 saturated heterocycles. The number of benzene rings is 1. The SMILES string of the molecule is CC(C)N(CC(=O)O)S(=O)(=O)c1ccc(F)cc1F. The van der Waals surface area contributed by atoms with Gasteiger partial charge >= 0.3 is 5.97 Å². The van der Waals surface area contributed by atoms with Gasteiger partial charge in [-0.2, -0.15) is 4.31 Å². The Morgan fingerprint density at radius 1 is 1.37 bits per heavy atom. The minimum Gasteiger partial charge on any atom is -0.480 e. The van der Waals surface area contributed by atoms with Gasteiger partial charge in [-0.15, -0.1) is 0 Å². The summed E-state index contributed by atoms with van der Waals surface area (Å²) in [7, 11) is -4.33. The van der Waals surface area contributed by atoms with Crippen molar-refractivity contribution in [2.45, 2.75) is 24.8 Å². The van der Waals surface area contributed by atoms with E-state index in [4.69, 9.17) is 5.11 Å². The van der Waals surface area contributed by atoms with Crippen LogP contribution in [-0.4, -0.2) is 36.4 Å². The second kappa shape index (κ2) is 5.62. The number of carboxylic acid groups (broad SMARTS) is 1. The first kappa shape index (κ1) is 15.5. The fraction of sp³-hybridized carbons (Fsp3) is 0.364. The van der Waals surface area contributed by atoms with E-state index in [2.05, 4.69) is 0 Å². The molecule has 0 aliphatic heterocycles. The highest BCUT2D eigenvalue weighted by Crippen LogP contribution is 2.21. The van der Waals surface area contributed by atoms with Gasteiger partial charge in [0.2, 0.25) is 10.0 Å². The van der Waals surface area contributed by atoms with Crippen molar-refractivity contribution in [3.63, 3.8) is 0 Å². The van der Waals surface area contributed by atoms with Crippen LogP contribution in [0.3, 0.4) is 0 Å². The third-order valence-corrected chi connectivity index (χ3v) is 4.40. The van der Waals surface area contributed by atoms with Gasteiger partial charge in [-0.05, 0) is 26.0 Å². The number of hydrogen-bond acceptors (Lipinski definition) is 3. The minimum absolute atomic E-state index is 0.437. The van der Waals surface area contributed by atoms with Crippen molar-refractivity contribution in [3.8, 4) is 0 Å². The number of nitrogens with zero attached hydrogens (tertiary/aromatic N) is 1. The van der Waals surface area contributed by atoms with Crippen LogP contribution >= 0.6 is 0 Å². The molecule has 1 rings (SSSR count). The summed E-state index contributed by atoms with van der Waals surface area (Å²) < 4.78 is 51.2. The van der Waals surface area contributed by atoms with Gasteiger partial charge in [-0.25, -0.2) is 17.2 Å². The summed E-state index contributed by atoms with van der Waals surface area (Å²) in [5.41, 5.74) is 0. The summed E-state index contributed by atoms with van der Waals surface area (Å²) in [5.74, 6) is -3.53. The van der Waals surface area contributed by atoms with Crippen LogP contribution in [0.25, 0.3) is 0 Å². The van der Waals surface area contributed by atoms with E-state index in [0.29, 0.717) is 10.4 Å². The molecule has 0 aliphatic rings. The molecular weight excluding hydrogens is 280 g/mol. The van der Waals surface area contributed by atoms with Crippen molar-refractivity contribution in [1.82, 2.24) is 4.31 Å². The molecule has 0 aliphatic carbocycles. The van der Waals surface area contributed by atoms with Gasteiger partial charge in [0.25, 0.3) is 0 Å². The zero-order valence-electron chi connectivity index (χ0n) is 10.3. The maximum Gasteiger partial charge on any atom is 0.318 e. The molecule has 0 spiro atoms. The van der Waals surface area contributed by atoms with Crippen molar-refractivity contribution < 1.29 is 27.1 Å². The number of hydrogen-bond donors (Lipinski definition) is 1. The fourth-order valence-electron chi connectivity index (χ4n) is 1.49. The number of halogens is 2. The summed E-state index contributed by atoms with van der Waals surface area (Å²) >= 11 is 0. The molecule has 0 atom stereocenters. The highest BCUT2D eigenvalue weighted by molar-refractivity contribution is 7.89. The Kier molecular flexibility index (Phi) is 4.59. The molecule has 5 nitrogen and oxygen atoms in total. The van der Waals surface area contributed by atoms with Crippen molar-refractivity contribution >= 4 is 16.0 Å². The number of sulfonamides is 1. The van der Waals surface area contributed by atoms with Gasteiger partial charge in [-0.1, -0.05) is 0 Å². The standard InChI is InChI=1S/C11H13F2NO4S/c1-7(2)14(6-11(15)16)19(17,18)10-4-3-8(12)5-9(10)13/h3-5,7H,6H2,1-2H3,(H,15,16). The normalized spacial score (nSPS) is 12.1. The van der Waals surface area contributed by atoms with Gasteiger partial charge in [0, 0.05) is 12.1 Å². The molecule has 106 valence electrons. The average Bonchev–Trinajstić information content (AvgIpc) is 2.24. The lowest BCUT2D eigenvalue weighted by atomic mass is 10.3. The summed E-state index contributed by atoms with van der Waals surface area (Å²) in [6.45, 7) is 2.13. The fourth-order valence-corrected chi connectivity index (χ4v) is 3.12. The molecule has 0 unspecified atom stereocenters. The first-order chi connectivity index (χ1) is 8.66. The van der Waals surface area contributed by atoms with E-state index < -0.39 is 45.1 Å². The van der Waals surface area contributed by atoms with Crippen LogP contribution < -0.4 is 0 Å². The maximum absolute atomic E-state index is 13.5. The Hall–Kier alpha value is -1.54. The molecule has 19 heavy (non-hydrogen) atoms. The molecule has 0 aromatic heterocycles. The van der Waals surface area contributed by atoms with Gasteiger partial charge < -0.3 is 5.11 Å². The Balaban J connectivity index is 3.30. The lowest BCUT2D eigenvalue weighted by molar-refractivity contribution is -0.137. The second-order valence-corrected chi connectivity index (χ2v) is 5.97. The summed E-state index contributed by atoms with van der Waals surface area (Å²) in [6, 6.07) is 1.34. The van der Waals surface area contributed by atoms with E-state index in [9.17, 15) is 22.0 Å². The summed E-state index contributed by atoms with van der Waals surface area (Å²) in [5, 5.41) is 8.70. The Morgan fingerprint density at radius 2 is 1.95 bits per heavy atom. The van der Waals surface area contributed by atoms with Gasteiger partial charge in [-0.3, -0.25) is 4.79 Å². The Labute approximate surface area is 109 Å². The smallest absolute Gasteiger partial charge is 0.318 e. The molecular formula is C11H13F2NO4S. The van der Waals surface area contributed by atoms with Crippen molar-refractivity contribution in [1.29, 1.82) is 0 Å². The summed E-state index contributed by atoms with van der Waals surface area (Å²) in [6.07, 6.45) is 0. The zero-order valence-corrected chi connectivity index (χ0v) is 11.1. The molecule has 1 aromatic rings. The van der Waals surface area contributed by atoms with Crippen LogP contribution in [0.15, 0.2) is 23.1 Å². The lowest BCUT2D eigenvalue weighted by Gasteiger charge is -2.24. The van der Waals surface area contributed by atoms with Gasteiger partial charge in [0.15, 0.2) is 0 Å². The van der Waals surface area contributed by atoms with E-state index in [1.54, 1.807) is 0 Å². The molecule has 1 aromatic carbocycles. The third-order valence-electron chi connectivity index (χ3n) is 2.35. The first-order valence-corrected chi connectivity index (χ1v) is 6.79. The van der Waals surface area contributed by atoms with Crippen LogP contribution in [-0.2, 0) is 14.8 Å². The molecule has 0 heterocycles. The van der Waals surface area contributed by atoms with Crippen molar-refractivity contribution in [2.75, 3.05) is 6.54 Å². The van der Waals surface area contributed by atoms with Crippen molar-refractivity contribution in [3.05, 3.63) is 29.8 Å². The van der Waals surface area contributed by atoms with Crippen LogP contribution in [0.4, 0.5) is 8.78 Å². The van der Waals surface area contributed by atoms with E-state index >= 15 is 0 Å². The van der Waals surface area contributed by atoms with E-state index in [1.165, 1.54) is 13.8 Å². The lowest BCUT2D eigenvalue weighted by Crippen LogP contribution is -2.40. The first-order valence-electron chi connectivity index (χ1n) is 5.35. The van der Waals surface area contributed by atoms with Gasteiger partial charge in [0.05, 0.1) is 0 Å². The largest absolute Gasteiger partial charge is 0.480 e. The molecule has 0 radical (unpaired) electrons. The zero-order chi connectivity index (χ0) is 14.8. The van der Waals surface area contributed by atoms with Crippen molar-refractivity contribution in [2.24, 2.45) is 0 Å². The average molecular weight is 293 g/mol. The Bertz CT molecular complexity index is 586. The highest BCUT2D eigenvalue weighted by Gasteiger charge is 2.31. The highest BCUT2D eigenvalue weighted by atomic mass is 32.2. The maximum atomic E-state index is 13.5. The minimum atomic E-state index is -4.33. The monoisotopic (exact) mass is 293 g/mol.